The van der Waals surface area contributed by atoms with E-state index in [4.69, 9.17) is 0 Å². The van der Waals surface area contributed by atoms with E-state index in [-0.39, 0.29) is 24.4 Å². The Kier molecular flexibility index (Phi) is 3.14. The molecule has 1 fully saturated rings. The van der Waals surface area contributed by atoms with E-state index in [1.54, 1.807) is 0 Å². The molecule has 1 N–H and O–H groups in total. The van der Waals surface area contributed by atoms with Gasteiger partial charge in [-0.1, -0.05) is 20.8 Å². The van der Waals surface area contributed by atoms with E-state index in [0.29, 0.717) is 6.42 Å². The van der Waals surface area contributed by atoms with Gasteiger partial charge in [-0.3, -0.25) is 0 Å². The summed E-state index contributed by atoms with van der Waals surface area (Å²) in [5, 5.41) is 3.00. The molecule has 0 radical (unpaired) electrons. The fraction of sp³-hybridized carbons (Fsp3) is 1.00. The van der Waals surface area contributed by atoms with Crippen LogP contribution >= 0.6 is 0 Å². The minimum absolute atomic E-state index is 0.0522. The zero-order valence-corrected chi connectivity index (χ0v) is 8.91. The Bertz CT molecular complexity index is 163. The van der Waals surface area contributed by atoms with Gasteiger partial charge < -0.3 is 5.32 Å². The number of rotatable bonds is 0. The molecule has 84 valence electrons. The van der Waals surface area contributed by atoms with Crippen LogP contribution in [0.4, 0.5) is 13.2 Å². The molecule has 0 unspecified atom stereocenters. The van der Waals surface area contributed by atoms with Crippen molar-refractivity contribution in [2.24, 2.45) is 11.3 Å². The molecule has 0 aromatic rings. The Labute approximate surface area is 83.1 Å². The molecule has 0 bridgehead atoms. The molecule has 1 rings (SSSR count). The van der Waals surface area contributed by atoms with Crippen molar-refractivity contribution in [3.8, 4) is 0 Å². The average molecular weight is 209 g/mol. The van der Waals surface area contributed by atoms with Gasteiger partial charge in [-0.25, -0.2) is 0 Å². The van der Waals surface area contributed by atoms with Crippen molar-refractivity contribution in [3.05, 3.63) is 0 Å². The molecule has 1 saturated heterocycles. The van der Waals surface area contributed by atoms with Gasteiger partial charge in [-0.15, -0.1) is 0 Å². The van der Waals surface area contributed by atoms with E-state index >= 15 is 0 Å². The van der Waals surface area contributed by atoms with Gasteiger partial charge in [-0.2, -0.15) is 13.2 Å². The molecule has 1 aliphatic rings. The minimum atomic E-state index is -4.03. The second-order valence-corrected chi connectivity index (χ2v) is 5.14. The molecule has 1 aliphatic heterocycles. The van der Waals surface area contributed by atoms with Crippen molar-refractivity contribution in [2.75, 3.05) is 6.54 Å². The zero-order valence-electron chi connectivity index (χ0n) is 8.91. The lowest BCUT2D eigenvalue weighted by molar-refractivity contribution is -0.180. The normalized spacial score (nSPS) is 30.4. The van der Waals surface area contributed by atoms with Gasteiger partial charge in [-0.05, 0) is 18.3 Å². The second kappa shape index (κ2) is 3.72. The van der Waals surface area contributed by atoms with Crippen molar-refractivity contribution in [1.29, 1.82) is 0 Å². The van der Waals surface area contributed by atoms with Crippen LogP contribution < -0.4 is 5.32 Å². The first-order valence-electron chi connectivity index (χ1n) is 5.01. The third kappa shape index (κ3) is 2.87. The summed E-state index contributed by atoms with van der Waals surface area (Å²) in [5.74, 6) is -1.15. The molecule has 0 saturated carbocycles. The smallest absolute Gasteiger partial charge is 0.313 e. The highest BCUT2D eigenvalue weighted by Crippen LogP contribution is 2.35. The van der Waals surface area contributed by atoms with E-state index in [1.807, 2.05) is 0 Å². The van der Waals surface area contributed by atoms with Gasteiger partial charge in [0.15, 0.2) is 0 Å². The fourth-order valence-corrected chi connectivity index (χ4v) is 1.88. The molecule has 0 aromatic carbocycles. The third-order valence-corrected chi connectivity index (χ3v) is 2.92. The predicted octanol–water partition coefficient (Wildman–Crippen LogP) is 2.96. The van der Waals surface area contributed by atoms with E-state index < -0.39 is 12.1 Å². The van der Waals surface area contributed by atoms with Crippen LogP contribution in [0.1, 0.15) is 33.6 Å². The molecule has 1 nitrogen and oxygen atoms in total. The Hall–Kier alpha value is -0.250. The number of hydrogen-bond acceptors (Lipinski definition) is 1. The van der Waals surface area contributed by atoms with Crippen LogP contribution in [0, 0.1) is 11.3 Å². The quantitative estimate of drug-likeness (QED) is 0.646. The molecular formula is C10H18F3N. The number of halogens is 3. The second-order valence-electron chi connectivity index (χ2n) is 5.14. The first-order valence-corrected chi connectivity index (χ1v) is 5.01. The van der Waals surface area contributed by atoms with Gasteiger partial charge in [0.2, 0.25) is 0 Å². The third-order valence-electron chi connectivity index (χ3n) is 2.92. The number of nitrogens with one attached hydrogen (secondary N) is 1. The molecule has 0 amide bonds. The van der Waals surface area contributed by atoms with E-state index in [9.17, 15) is 13.2 Å². The van der Waals surface area contributed by atoms with Crippen LogP contribution in [-0.2, 0) is 0 Å². The van der Waals surface area contributed by atoms with E-state index in [0.717, 1.165) is 0 Å². The summed E-state index contributed by atoms with van der Waals surface area (Å²) in [6, 6.07) is 0.209. The van der Waals surface area contributed by atoms with Crippen molar-refractivity contribution >= 4 is 0 Å². The largest absolute Gasteiger partial charge is 0.393 e. The summed E-state index contributed by atoms with van der Waals surface area (Å²) in [6.07, 6.45) is -3.15. The highest BCUT2D eigenvalue weighted by molar-refractivity contribution is 4.87. The molecule has 1 heterocycles. The summed E-state index contributed by atoms with van der Waals surface area (Å²) < 4.78 is 37.0. The number of piperidine rings is 1. The lowest BCUT2D eigenvalue weighted by atomic mass is 9.80. The molecule has 4 heteroatoms. The van der Waals surface area contributed by atoms with Crippen LogP contribution in [0.15, 0.2) is 0 Å². The summed E-state index contributed by atoms with van der Waals surface area (Å²) in [4.78, 5) is 0. The molecular weight excluding hydrogens is 191 g/mol. The van der Waals surface area contributed by atoms with E-state index in [2.05, 4.69) is 26.1 Å². The monoisotopic (exact) mass is 209 g/mol. The summed E-state index contributed by atoms with van der Waals surface area (Å²) >= 11 is 0. The van der Waals surface area contributed by atoms with Crippen molar-refractivity contribution in [1.82, 2.24) is 5.32 Å². The summed E-state index contributed by atoms with van der Waals surface area (Å²) in [6.45, 7) is 6.24. The minimum Gasteiger partial charge on any atom is -0.313 e. The Morgan fingerprint density at radius 1 is 1.07 bits per heavy atom. The topological polar surface area (TPSA) is 12.0 Å². The van der Waals surface area contributed by atoms with Gasteiger partial charge in [0, 0.05) is 12.6 Å². The Balaban J connectivity index is 2.47. The Morgan fingerprint density at radius 2 is 1.64 bits per heavy atom. The molecule has 0 aromatic heterocycles. The maximum absolute atomic E-state index is 12.3. The molecule has 2 atom stereocenters. The lowest BCUT2D eigenvalue weighted by Crippen LogP contribution is -2.49. The SMILES string of the molecule is CC(C)(C)[C@H]1CC[C@H](C(F)(F)F)CN1. The maximum atomic E-state index is 12.3. The maximum Gasteiger partial charge on any atom is 0.393 e. The van der Waals surface area contributed by atoms with Crippen LogP contribution in [-0.4, -0.2) is 18.8 Å². The number of alkyl halides is 3. The van der Waals surface area contributed by atoms with E-state index in [1.165, 1.54) is 0 Å². The van der Waals surface area contributed by atoms with Crippen LogP contribution in [0.25, 0.3) is 0 Å². The fourth-order valence-electron chi connectivity index (χ4n) is 1.88. The highest BCUT2D eigenvalue weighted by Gasteiger charge is 2.42. The first kappa shape index (κ1) is 11.8. The number of hydrogen-bond donors (Lipinski definition) is 1. The Morgan fingerprint density at radius 3 is 1.93 bits per heavy atom. The molecule has 14 heavy (non-hydrogen) atoms. The van der Waals surface area contributed by atoms with Crippen LogP contribution in [0.2, 0.25) is 0 Å². The highest BCUT2D eigenvalue weighted by atomic mass is 19.4. The van der Waals surface area contributed by atoms with Crippen LogP contribution in [0.3, 0.4) is 0 Å². The van der Waals surface area contributed by atoms with Gasteiger partial charge in [0.25, 0.3) is 0 Å². The summed E-state index contributed by atoms with van der Waals surface area (Å²) in [5.41, 5.74) is 0.0522. The van der Waals surface area contributed by atoms with Crippen molar-refractivity contribution < 1.29 is 13.2 Å². The lowest BCUT2D eigenvalue weighted by Gasteiger charge is -2.38. The van der Waals surface area contributed by atoms with Gasteiger partial charge in [0.05, 0.1) is 5.92 Å². The molecule has 0 aliphatic carbocycles. The average Bonchev–Trinajstić information content (AvgIpc) is 2.01. The first-order chi connectivity index (χ1) is 6.21. The standard InChI is InChI=1S/C10H18F3N/c1-9(2,3)8-5-4-7(6-14-8)10(11,12)13/h7-8,14H,4-6H2,1-3H3/t7-,8+/m0/s1. The van der Waals surface area contributed by atoms with Crippen molar-refractivity contribution in [2.45, 2.75) is 45.8 Å². The zero-order chi connectivity index (χ0) is 11.0. The molecule has 0 spiro atoms. The predicted molar refractivity (Wildman–Crippen MR) is 50.0 cm³/mol. The van der Waals surface area contributed by atoms with Gasteiger partial charge >= 0.3 is 6.18 Å². The van der Waals surface area contributed by atoms with Crippen LogP contribution in [0.5, 0.6) is 0 Å². The van der Waals surface area contributed by atoms with Crippen molar-refractivity contribution in [3.63, 3.8) is 0 Å². The summed E-state index contributed by atoms with van der Waals surface area (Å²) in [7, 11) is 0. The van der Waals surface area contributed by atoms with Gasteiger partial charge in [0.1, 0.15) is 0 Å².